The van der Waals surface area contributed by atoms with Crippen LogP contribution in [0.15, 0.2) is 31.0 Å². The molecule has 0 amide bonds. The van der Waals surface area contributed by atoms with Crippen LogP contribution in [0.5, 0.6) is 0 Å². The Morgan fingerprint density at radius 2 is 1.96 bits per heavy atom. The van der Waals surface area contributed by atoms with Crippen LogP contribution in [0.25, 0.3) is 0 Å². The van der Waals surface area contributed by atoms with Crippen LogP contribution in [0, 0.1) is 11.8 Å². The summed E-state index contributed by atoms with van der Waals surface area (Å²) in [5.74, 6) is 2.94. The number of hydrogen-bond acceptors (Lipinski definition) is 6. The quantitative estimate of drug-likeness (QED) is 0.880. The van der Waals surface area contributed by atoms with Gasteiger partial charge in [0, 0.05) is 30.7 Å². The lowest BCUT2D eigenvalue weighted by Gasteiger charge is -2.32. The van der Waals surface area contributed by atoms with Crippen LogP contribution in [0.4, 0.5) is 11.6 Å². The Hall–Kier alpha value is -2.08. The summed E-state index contributed by atoms with van der Waals surface area (Å²) in [4.78, 5) is 19.6. The molecule has 2 aromatic heterocycles. The predicted octanol–water partition coefficient (Wildman–Crippen LogP) is 2.92. The van der Waals surface area contributed by atoms with Gasteiger partial charge in [0.2, 0.25) is 0 Å². The highest BCUT2D eigenvalue weighted by atomic mass is 15.1. The Labute approximate surface area is 143 Å². The molecule has 0 bridgehead atoms. The number of anilines is 2. The number of likely N-dealkylation sites (tertiary alicyclic amines) is 1. The number of nitrogens with zero attached hydrogens (tertiary/aromatic N) is 5. The second-order valence-electron chi connectivity index (χ2n) is 6.95. The normalized spacial score (nSPS) is 16.5. The third kappa shape index (κ3) is 4.96. The Balaban J connectivity index is 1.54. The molecular weight excluding hydrogens is 300 g/mol. The molecule has 0 spiro atoms. The summed E-state index contributed by atoms with van der Waals surface area (Å²) in [5.41, 5.74) is 1.10. The van der Waals surface area contributed by atoms with Gasteiger partial charge < -0.3 is 10.2 Å². The van der Waals surface area contributed by atoms with Crippen molar-refractivity contribution in [2.75, 3.05) is 25.0 Å². The van der Waals surface area contributed by atoms with Gasteiger partial charge in [0.25, 0.3) is 0 Å². The average molecular weight is 326 g/mol. The highest BCUT2D eigenvalue weighted by Gasteiger charge is 2.20. The van der Waals surface area contributed by atoms with Crippen molar-refractivity contribution in [3.05, 3.63) is 36.7 Å². The van der Waals surface area contributed by atoms with E-state index in [0.29, 0.717) is 11.7 Å². The second-order valence-corrected chi connectivity index (χ2v) is 6.95. The Bertz CT molecular complexity index is 622. The smallest absolute Gasteiger partial charge is 0.150 e. The molecule has 0 unspecified atom stereocenters. The van der Waals surface area contributed by atoms with E-state index in [9.17, 15) is 0 Å². The van der Waals surface area contributed by atoms with Crippen molar-refractivity contribution >= 4 is 11.6 Å². The maximum Gasteiger partial charge on any atom is 0.150 e. The Morgan fingerprint density at radius 3 is 2.67 bits per heavy atom. The second kappa shape index (κ2) is 8.15. The fourth-order valence-electron chi connectivity index (χ4n) is 3.26. The van der Waals surface area contributed by atoms with Gasteiger partial charge in [-0.2, -0.15) is 0 Å². The van der Waals surface area contributed by atoms with Crippen LogP contribution in [0.3, 0.4) is 0 Å². The standard InChI is InChI=1S/C18H26N6/c1-14(2)12-24-7-3-15(4-8-24)9-16-10-17(22-13-21-16)23-18-11-19-5-6-20-18/h5-6,10-11,13-15H,3-4,7-9,12H2,1-2H3,(H,20,21,22,23). The summed E-state index contributed by atoms with van der Waals surface area (Å²) < 4.78 is 0. The van der Waals surface area contributed by atoms with E-state index in [4.69, 9.17) is 0 Å². The average Bonchev–Trinajstić information content (AvgIpc) is 2.57. The van der Waals surface area contributed by atoms with E-state index in [1.54, 1.807) is 24.9 Å². The van der Waals surface area contributed by atoms with E-state index < -0.39 is 0 Å². The van der Waals surface area contributed by atoms with Crippen LogP contribution in [0.1, 0.15) is 32.4 Å². The molecule has 3 rings (SSSR count). The van der Waals surface area contributed by atoms with Crippen LogP contribution in [0.2, 0.25) is 0 Å². The van der Waals surface area contributed by atoms with Gasteiger partial charge in [0.15, 0.2) is 0 Å². The summed E-state index contributed by atoms with van der Waals surface area (Å²) >= 11 is 0. The first-order valence-electron chi connectivity index (χ1n) is 8.75. The zero-order valence-electron chi connectivity index (χ0n) is 14.5. The van der Waals surface area contributed by atoms with Crippen molar-refractivity contribution in [3.63, 3.8) is 0 Å². The first kappa shape index (κ1) is 16.8. The van der Waals surface area contributed by atoms with Crippen molar-refractivity contribution in [2.24, 2.45) is 11.8 Å². The topological polar surface area (TPSA) is 66.8 Å². The van der Waals surface area contributed by atoms with Gasteiger partial charge in [0.05, 0.1) is 6.20 Å². The van der Waals surface area contributed by atoms with E-state index in [1.807, 2.05) is 6.07 Å². The maximum absolute atomic E-state index is 4.44. The van der Waals surface area contributed by atoms with Crippen molar-refractivity contribution in [2.45, 2.75) is 33.1 Å². The molecular formula is C18H26N6. The first-order valence-corrected chi connectivity index (χ1v) is 8.75. The molecule has 3 heterocycles. The molecule has 2 aromatic rings. The van der Waals surface area contributed by atoms with Crippen LogP contribution >= 0.6 is 0 Å². The van der Waals surface area contributed by atoms with E-state index >= 15 is 0 Å². The van der Waals surface area contributed by atoms with Crippen molar-refractivity contribution in [1.29, 1.82) is 0 Å². The minimum Gasteiger partial charge on any atom is -0.324 e. The van der Waals surface area contributed by atoms with E-state index in [-0.39, 0.29) is 0 Å². The van der Waals surface area contributed by atoms with Gasteiger partial charge in [-0.15, -0.1) is 0 Å². The Kier molecular flexibility index (Phi) is 5.69. The van der Waals surface area contributed by atoms with Gasteiger partial charge in [-0.05, 0) is 44.2 Å². The number of aromatic nitrogens is 4. The van der Waals surface area contributed by atoms with E-state index in [1.165, 1.54) is 32.5 Å². The number of hydrogen-bond donors (Lipinski definition) is 1. The van der Waals surface area contributed by atoms with Crippen LogP contribution in [-0.4, -0.2) is 44.5 Å². The molecule has 128 valence electrons. The third-order valence-electron chi connectivity index (χ3n) is 4.37. The minimum atomic E-state index is 0.698. The monoisotopic (exact) mass is 326 g/mol. The van der Waals surface area contributed by atoms with Crippen LogP contribution in [-0.2, 0) is 6.42 Å². The lowest BCUT2D eigenvalue weighted by Crippen LogP contribution is -2.36. The van der Waals surface area contributed by atoms with E-state index in [2.05, 4.69) is 44.0 Å². The molecule has 0 atom stereocenters. The molecule has 0 aromatic carbocycles. The number of piperidine rings is 1. The summed E-state index contributed by atoms with van der Waals surface area (Å²) in [6.07, 6.45) is 10.2. The van der Waals surface area contributed by atoms with Crippen molar-refractivity contribution in [3.8, 4) is 0 Å². The van der Waals surface area contributed by atoms with Gasteiger partial charge >= 0.3 is 0 Å². The SMILES string of the molecule is CC(C)CN1CCC(Cc2cc(Nc3cnccn3)ncn2)CC1. The summed E-state index contributed by atoms with van der Waals surface area (Å²) in [5, 5.41) is 3.18. The fourth-order valence-corrected chi connectivity index (χ4v) is 3.26. The zero-order chi connectivity index (χ0) is 16.8. The third-order valence-corrected chi connectivity index (χ3v) is 4.37. The lowest BCUT2D eigenvalue weighted by atomic mass is 9.91. The molecule has 1 fully saturated rings. The molecule has 1 aliphatic heterocycles. The molecule has 0 radical (unpaired) electrons. The van der Waals surface area contributed by atoms with Crippen LogP contribution < -0.4 is 5.32 Å². The highest BCUT2D eigenvalue weighted by molar-refractivity contribution is 5.49. The fraction of sp³-hybridized carbons (Fsp3) is 0.556. The zero-order valence-corrected chi connectivity index (χ0v) is 14.5. The largest absolute Gasteiger partial charge is 0.324 e. The molecule has 0 saturated carbocycles. The molecule has 1 aliphatic rings. The van der Waals surface area contributed by atoms with E-state index in [0.717, 1.165) is 23.9 Å². The summed E-state index contributed by atoms with van der Waals surface area (Å²) in [7, 11) is 0. The highest BCUT2D eigenvalue weighted by Crippen LogP contribution is 2.22. The van der Waals surface area contributed by atoms with Gasteiger partial charge in [0.1, 0.15) is 18.0 Å². The first-order chi connectivity index (χ1) is 11.7. The molecule has 1 saturated heterocycles. The van der Waals surface area contributed by atoms with Gasteiger partial charge in [-0.3, -0.25) is 4.98 Å². The molecule has 24 heavy (non-hydrogen) atoms. The molecule has 6 nitrogen and oxygen atoms in total. The van der Waals surface area contributed by atoms with Gasteiger partial charge in [-0.25, -0.2) is 15.0 Å². The predicted molar refractivity (Wildman–Crippen MR) is 95.1 cm³/mol. The Morgan fingerprint density at radius 1 is 1.12 bits per heavy atom. The molecule has 6 heteroatoms. The van der Waals surface area contributed by atoms with Crippen molar-refractivity contribution < 1.29 is 0 Å². The maximum atomic E-state index is 4.44. The van der Waals surface area contributed by atoms with Gasteiger partial charge in [-0.1, -0.05) is 13.8 Å². The molecule has 1 N–H and O–H groups in total. The lowest BCUT2D eigenvalue weighted by molar-refractivity contribution is 0.167. The number of nitrogens with one attached hydrogen (secondary N) is 1. The number of rotatable bonds is 6. The summed E-state index contributed by atoms with van der Waals surface area (Å²) in [6.45, 7) is 8.21. The molecule has 0 aliphatic carbocycles. The minimum absolute atomic E-state index is 0.698. The summed E-state index contributed by atoms with van der Waals surface area (Å²) in [6, 6.07) is 2.02. The van der Waals surface area contributed by atoms with Crippen molar-refractivity contribution in [1.82, 2.24) is 24.8 Å².